The van der Waals surface area contributed by atoms with E-state index in [0.29, 0.717) is 6.61 Å². The fourth-order valence-corrected chi connectivity index (χ4v) is 1.28. The Kier molecular flexibility index (Phi) is 4.77. The molecule has 0 aliphatic heterocycles. The van der Waals surface area contributed by atoms with Crippen LogP contribution in [0.15, 0.2) is 29.8 Å². The van der Waals surface area contributed by atoms with Gasteiger partial charge in [0.25, 0.3) is 5.91 Å². The van der Waals surface area contributed by atoms with Crippen molar-refractivity contribution in [2.45, 2.75) is 6.92 Å². The number of nitrogens with zero attached hydrogens (tertiary/aromatic N) is 1. The van der Waals surface area contributed by atoms with Crippen molar-refractivity contribution in [2.24, 2.45) is 0 Å². The SMILES string of the molecule is CCOc1ccc(C=C(C#N)C(=O)NC)cc1. The third kappa shape index (κ3) is 3.65. The molecule has 0 heterocycles. The van der Waals surface area contributed by atoms with Crippen LogP contribution in [0.1, 0.15) is 12.5 Å². The maximum Gasteiger partial charge on any atom is 0.261 e. The van der Waals surface area contributed by atoms with Crippen molar-refractivity contribution in [1.29, 1.82) is 5.26 Å². The van der Waals surface area contributed by atoms with Crippen LogP contribution in [-0.2, 0) is 4.79 Å². The van der Waals surface area contributed by atoms with E-state index in [9.17, 15) is 4.79 Å². The second-order valence-electron chi connectivity index (χ2n) is 3.25. The highest BCUT2D eigenvalue weighted by Gasteiger charge is 2.05. The van der Waals surface area contributed by atoms with Crippen molar-refractivity contribution in [3.8, 4) is 11.8 Å². The number of rotatable bonds is 4. The van der Waals surface area contributed by atoms with Gasteiger partial charge in [0.15, 0.2) is 0 Å². The number of hydrogen-bond donors (Lipinski definition) is 1. The first-order valence-corrected chi connectivity index (χ1v) is 5.28. The number of ether oxygens (including phenoxy) is 1. The summed E-state index contributed by atoms with van der Waals surface area (Å²) in [5.74, 6) is 0.379. The van der Waals surface area contributed by atoms with Crippen molar-refractivity contribution in [1.82, 2.24) is 5.32 Å². The van der Waals surface area contributed by atoms with Crippen molar-refractivity contribution in [3.05, 3.63) is 35.4 Å². The molecule has 1 aromatic carbocycles. The van der Waals surface area contributed by atoms with E-state index in [4.69, 9.17) is 10.00 Å². The van der Waals surface area contributed by atoms with E-state index in [2.05, 4.69) is 5.32 Å². The molecule has 0 saturated carbocycles. The summed E-state index contributed by atoms with van der Waals surface area (Å²) < 4.78 is 5.30. The number of likely N-dealkylation sites (N-methyl/N-ethyl adjacent to an activating group) is 1. The lowest BCUT2D eigenvalue weighted by Crippen LogP contribution is -2.19. The molecule has 0 aliphatic carbocycles. The van der Waals surface area contributed by atoms with E-state index in [-0.39, 0.29) is 11.5 Å². The molecule has 0 radical (unpaired) electrons. The molecule has 4 nitrogen and oxygen atoms in total. The Morgan fingerprint density at radius 2 is 2.12 bits per heavy atom. The lowest BCUT2D eigenvalue weighted by molar-refractivity contribution is -0.116. The van der Waals surface area contributed by atoms with E-state index in [1.54, 1.807) is 24.3 Å². The Bertz CT molecular complexity index is 455. The largest absolute Gasteiger partial charge is 0.494 e. The predicted octanol–water partition coefficient (Wildman–Crippen LogP) is 1.74. The van der Waals surface area contributed by atoms with Crippen LogP contribution in [-0.4, -0.2) is 19.6 Å². The molecule has 4 heteroatoms. The molecule has 0 saturated heterocycles. The number of carbonyl (C=O) groups excluding carboxylic acids is 1. The molecule has 1 rings (SSSR count). The van der Waals surface area contributed by atoms with Gasteiger partial charge in [0.05, 0.1) is 6.61 Å². The van der Waals surface area contributed by atoms with Gasteiger partial charge >= 0.3 is 0 Å². The minimum absolute atomic E-state index is 0.0802. The fourth-order valence-electron chi connectivity index (χ4n) is 1.28. The quantitative estimate of drug-likeness (QED) is 0.633. The number of hydrogen-bond acceptors (Lipinski definition) is 3. The molecule has 0 unspecified atom stereocenters. The normalized spacial score (nSPS) is 10.5. The van der Waals surface area contributed by atoms with Gasteiger partial charge in [-0.05, 0) is 30.7 Å². The molecular formula is C13H14N2O2. The Morgan fingerprint density at radius 3 is 2.59 bits per heavy atom. The van der Waals surface area contributed by atoms with Crippen molar-refractivity contribution in [2.75, 3.05) is 13.7 Å². The topological polar surface area (TPSA) is 62.1 Å². The average molecular weight is 230 g/mol. The number of nitrogens with one attached hydrogen (secondary N) is 1. The number of nitriles is 1. The molecule has 0 aromatic heterocycles. The molecule has 1 N–H and O–H groups in total. The molecule has 0 aliphatic rings. The highest BCUT2D eigenvalue weighted by atomic mass is 16.5. The number of amides is 1. The molecule has 0 atom stereocenters. The van der Waals surface area contributed by atoms with E-state index >= 15 is 0 Å². The minimum Gasteiger partial charge on any atom is -0.494 e. The van der Waals surface area contributed by atoms with Crippen LogP contribution >= 0.6 is 0 Å². The number of carbonyl (C=O) groups is 1. The second-order valence-corrected chi connectivity index (χ2v) is 3.25. The van der Waals surface area contributed by atoms with Crippen molar-refractivity contribution in [3.63, 3.8) is 0 Å². The lowest BCUT2D eigenvalue weighted by atomic mass is 10.1. The van der Waals surface area contributed by atoms with Gasteiger partial charge in [0.1, 0.15) is 17.4 Å². The third-order valence-electron chi connectivity index (χ3n) is 2.09. The van der Waals surface area contributed by atoms with Crippen LogP contribution in [0.5, 0.6) is 5.75 Å². The predicted molar refractivity (Wildman–Crippen MR) is 65.3 cm³/mol. The molecule has 17 heavy (non-hydrogen) atoms. The summed E-state index contributed by atoms with van der Waals surface area (Å²) >= 11 is 0. The van der Waals surface area contributed by atoms with Crippen LogP contribution in [0, 0.1) is 11.3 Å². The molecule has 0 fully saturated rings. The van der Waals surface area contributed by atoms with Crippen molar-refractivity contribution >= 4 is 12.0 Å². The zero-order valence-corrected chi connectivity index (χ0v) is 9.86. The van der Waals surface area contributed by atoms with Gasteiger partial charge in [-0.2, -0.15) is 5.26 Å². The first-order valence-electron chi connectivity index (χ1n) is 5.28. The van der Waals surface area contributed by atoms with Gasteiger partial charge in [0, 0.05) is 7.05 Å². The Hall–Kier alpha value is -2.28. The third-order valence-corrected chi connectivity index (χ3v) is 2.09. The summed E-state index contributed by atoms with van der Waals surface area (Å²) in [6, 6.07) is 9.05. The molecule has 1 aromatic rings. The lowest BCUT2D eigenvalue weighted by Gasteiger charge is -2.02. The summed E-state index contributed by atoms with van der Waals surface area (Å²) in [4.78, 5) is 11.3. The molecule has 88 valence electrons. The first-order chi connectivity index (χ1) is 8.21. The molecule has 0 bridgehead atoms. The maximum absolute atomic E-state index is 11.3. The van der Waals surface area contributed by atoms with Crippen LogP contribution in [0.4, 0.5) is 0 Å². The summed E-state index contributed by atoms with van der Waals surface area (Å²) in [6.07, 6.45) is 1.54. The van der Waals surface area contributed by atoms with E-state index in [1.165, 1.54) is 13.1 Å². The summed E-state index contributed by atoms with van der Waals surface area (Å²) in [5.41, 5.74) is 0.866. The van der Waals surface area contributed by atoms with Gasteiger partial charge in [-0.1, -0.05) is 12.1 Å². The van der Waals surface area contributed by atoms with Gasteiger partial charge in [-0.25, -0.2) is 0 Å². The molecule has 0 spiro atoms. The maximum atomic E-state index is 11.3. The second kappa shape index (κ2) is 6.33. The highest BCUT2D eigenvalue weighted by Crippen LogP contribution is 2.14. The molecular weight excluding hydrogens is 216 g/mol. The van der Waals surface area contributed by atoms with E-state index in [1.807, 2.05) is 13.0 Å². The Morgan fingerprint density at radius 1 is 1.47 bits per heavy atom. The highest BCUT2D eigenvalue weighted by molar-refractivity contribution is 6.01. The zero-order chi connectivity index (χ0) is 12.7. The summed E-state index contributed by atoms with van der Waals surface area (Å²) in [5, 5.41) is 11.2. The van der Waals surface area contributed by atoms with Gasteiger partial charge in [-0.15, -0.1) is 0 Å². The van der Waals surface area contributed by atoms with Gasteiger partial charge < -0.3 is 10.1 Å². The number of benzene rings is 1. The standard InChI is InChI=1S/C13H14N2O2/c1-3-17-12-6-4-10(5-7-12)8-11(9-14)13(16)15-2/h4-8H,3H2,1-2H3,(H,15,16). The summed E-state index contributed by atoms with van der Waals surface area (Å²) in [6.45, 7) is 2.52. The van der Waals surface area contributed by atoms with Gasteiger partial charge in [-0.3, -0.25) is 4.79 Å². The monoisotopic (exact) mass is 230 g/mol. The molecule has 1 amide bonds. The smallest absolute Gasteiger partial charge is 0.261 e. The van der Waals surface area contributed by atoms with Crippen molar-refractivity contribution < 1.29 is 9.53 Å². The van der Waals surface area contributed by atoms with E-state index < -0.39 is 0 Å². The van der Waals surface area contributed by atoms with Crippen LogP contribution in [0.25, 0.3) is 6.08 Å². The first kappa shape index (κ1) is 12.8. The average Bonchev–Trinajstić information content (AvgIpc) is 2.37. The zero-order valence-electron chi connectivity index (χ0n) is 9.86. The van der Waals surface area contributed by atoms with Gasteiger partial charge in [0.2, 0.25) is 0 Å². The van der Waals surface area contributed by atoms with Crippen LogP contribution in [0.2, 0.25) is 0 Å². The van der Waals surface area contributed by atoms with E-state index in [0.717, 1.165) is 11.3 Å². The summed E-state index contributed by atoms with van der Waals surface area (Å²) in [7, 11) is 1.49. The van der Waals surface area contributed by atoms with Crippen LogP contribution < -0.4 is 10.1 Å². The minimum atomic E-state index is -0.388. The Labute approximate surface area is 101 Å². The fraction of sp³-hybridized carbons (Fsp3) is 0.231. The van der Waals surface area contributed by atoms with Crippen LogP contribution in [0.3, 0.4) is 0 Å². The Balaban J connectivity index is 2.90.